The number of carbonyl (C=O) groups is 1. The molecule has 0 bridgehead atoms. The molecule has 0 heterocycles. The van der Waals surface area contributed by atoms with Crippen molar-refractivity contribution in [3.05, 3.63) is 28.2 Å². The summed E-state index contributed by atoms with van der Waals surface area (Å²) in [6.07, 6.45) is 0. The molecule has 0 aromatic heterocycles. The van der Waals surface area contributed by atoms with Crippen LogP contribution in [0.15, 0.2) is 27.6 Å². The van der Waals surface area contributed by atoms with Gasteiger partial charge in [0.05, 0.1) is 10.6 Å². The lowest BCUT2D eigenvalue weighted by Gasteiger charge is -2.07. The number of sulfonamides is 1. The van der Waals surface area contributed by atoms with Crippen molar-refractivity contribution in [2.24, 2.45) is 5.14 Å². The molecule has 0 aliphatic rings. The fourth-order valence-corrected chi connectivity index (χ4v) is 3.35. The van der Waals surface area contributed by atoms with Gasteiger partial charge in [0.1, 0.15) is 0 Å². The van der Waals surface area contributed by atoms with Crippen molar-refractivity contribution in [3.63, 3.8) is 0 Å². The van der Waals surface area contributed by atoms with Gasteiger partial charge >= 0.3 is 0 Å². The van der Waals surface area contributed by atoms with Crippen molar-refractivity contribution < 1.29 is 21.6 Å². The van der Waals surface area contributed by atoms with Crippen molar-refractivity contribution in [2.75, 3.05) is 18.1 Å². The van der Waals surface area contributed by atoms with E-state index in [-0.39, 0.29) is 28.5 Å². The molecule has 0 unspecified atom stereocenters. The standard InChI is InChI=1S/C11H15BrN2O5S2/c1-2-20(16,17)4-3-14-11(15)8-5-9(12)7-10(6-8)21(13,18)19/h5-7H,2-4H2,1H3,(H,14,15)(H2,13,18,19). The summed E-state index contributed by atoms with van der Waals surface area (Å²) in [5, 5.41) is 7.43. The summed E-state index contributed by atoms with van der Waals surface area (Å²) in [6, 6.07) is 3.82. The number of hydrogen-bond acceptors (Lipinski definition) is 5. The van der Waals surface area contributed by atoms with Gasteiger partial charge in [-0.05, 0) is 18.2 Å². The smallest absolute Gasteiger partial charge is 0.251 e. The van der Waals surface area contributed by atoms with E-state index in [1.807, 2.05) is 0 Å². The molecule has 0 saturated heterocycles. The van der Waals surface area contributed by atoms with Gasteiger partial charge in [0, 0.05) is 22.3 Å². The second-order valence-electron chi connectivity index (χ2n) is 4.21. The molecule has 0 aliphatic carbocycles. The number of carbonyl (C=O) groups excluding carboxylic acids is 1. The number of nitrogens with one attached hydrogen (secondary N) is 1. The van der Waals surface area contributed by atoms with Crippen molar-refractivity contribution in [1.29, 1.82) is 0 Å². The second kappa shape index (κ2) is 6.86. The van der Waals surface area contributed by atoms with Crippen molar-refractivity contribution >= 4 is 41.7 Å². The highest BCUT2D eigenvalue weighted by atomic mass is 79.9. The van der Waals surface area contributed by atoms with Crippen LogP contribution in [-0.2, 0) is 19.9 Å². The third-order valence-electron chi connectivity index (χ3n) is 2.60. The molecule has 21 heavy (non-hydrogen) atoms. The Labute approximate surface area is 132 Å². The van der Waals surface area contributed by atoms with E-state index in [1.165, 1.54) is 19.1 Å². The zero-order chi connectivity index (χ0) is 16.3. The summed E-state index contributed by atoms with van der Waals surface area (Å²) in [6.45, 7) is 1.47. The minimum atomic E-state index is -3.93. The van der Waals surface area contributed by atoms with E-state index in [0.717, 1.165) is 6.07 Å². The van der Waals surface area contributed by atoms with Gasteiger partial charge in [0.25, 0.3) is 5.91 Å². The lowest BCUT2D eigenvalue weighted by atomic mass is 10.2. The van der Waals surface area contributed by atoms with E-state index in [0.29, 0.717) is 4.47 Å². The maximum absolute atomic E-state index is 11.9. The number of sulfone groups is 1. The van der Waals surface area contributed by atoms with Crippen LogP contribution in [0.25, 0.3) is 0 Å². The quantitative estimate of drug-likeness (QED) is 0.710. The molecule has 1 amide bonds. The van der Waals surface area contributed by atoms with Gasteiger partial charge in [-0.25, -0.2) is 22.0 Å². The summed E-state index contributed by atoms with van der Waals surface area (Å²) < 4.78 is 45.6. The Bertz CT molecular complexity index is 744. The molecule has 1 aromatic rings. The van der Waals surface area contributed by atoms with Crippen LogP contribution in [0.2, 0.25) is 0 Å². The van der Waals surface area contributed by atoms with Crippen molar-refractivity contribution in [3.8, 4) is 0 Å². The van der Waals surface area contributed by atoms with Gasteiger partial charge in [0.2, 0.25) is 10.0 Å². The SMILES string of the molecule is CCS(=O)(=O)CCNC(=O)c1cc(Br)cc(S(N)(=O)=O)c1. The molecule has 0 atom stereocenters. The van der Waals surface area contributed by atoms with E-state index in [9.17, 15) is 21.6 Å². The Balaban J connectivity index is 2.87. The summed E-state index contributed by atoms with van der Waals surface area (Å²) in [5.41, 5.74) is 0.0716. The lowest BCUT2D eigenvalue weighted by molar-refractivity contribution is 0.0956. The van der Waals surface area contributed by atoms with Crippen molar-refractivity contribution in [2.45, 2.75) is 11.8 Å². The molecule has 118 valence electrons. The number of nitrogens with two attached hydrogens (primary N) is 1. The number of amides is 1. The summed E-state index contributed by atoms with van der Waals surface area (Å²) >= 11 is 3.09. The summed E-state index contributed by atoms with van der Waals surface area (Å²) in [7, 11) is -7.11. The predicted molar refractivity (Wildman–Crippen MR) is 82.2 cm³/mol. The normalized spacial score (nSPS) is 12.1. The fraction of sp³-hybridized carbons (Fsp3) is 0.364. The third kappa shape index (κ3) is 5.73. The zero-order valence-electron chi connectivity index (χ0n) is 11.2. The number of halogens is 1. The predicted octanol–water partition coefficient (Wildman–Crippen LogP) is 0.261. The number of hydrogen-bond donors (Lipinski definition) is 2. The number of rotatable bonds is 6. The second-order valence-corrected chi connectivity index (χ2v) is 9.16. The molecule has 0 aliphatic heterocycles. The maximum atomic E-state index is 11.9. The average molecular weight is 399 g/mol. The van der Waals surface area contributed by atoms with Crippen LogP contribution in [0.1, 0.15) is 17.3 Å². The Morgan fingerprint density at radius 3 is 2.38 bits per heavy atom. The molecule has 0 spiro atoms. The molecule has 7 nitrogen and oxygen atoms in total. The molecule has 0 fully saturated rings. The van der Waals surface area contributed by atoms with Crippen molar-refractivity contribution in [1.82, 2.24) is 5.32 Å². The molecule has 1 rings (SSSR count). The Morgan fingerprint density at radius 1 is 1.24 bits per heavy atom. The molecule has 0 saturated carbocycles. The van der Waals surface area contributed by atoms with Gasteiger partial charge in [-0.1, -0.05) is 22.9 Å². The average Bonchev–Trinajstić information content (AvgIpc) is 2.36. The molecular formula is C11H15BrN2O5S2. The first-order valence-corrected chi connectivity index (χ1v) is 10.0. The lowest BCUT2D eigenvalue weighted by Crippen LogP contribution is -2.29. The molecular weight excluding hydrogens is 384 g/mol. The highest BCUT2D eigenvalue weighted by molar-refractivity contribution is 9.10. The summed E-state index contributed by atoms with van der Waals surface area (Å²) in [5.74, 6) is -0.756. The molecule has 0 radical (unpaired) electrons. The van der Waals surface area contributed by atoms with Crippen LogP contribution in [-0.4, -0.2) is 40.8 Å². The number of benzene rings is 1. The van der Waals surface area contributed by atoms with Crippen LogP contribution in [0.5, 0.6) is 0 Å². The van der Waals surface area contributed by atoms with Gasteiger partial charge in [-0.15, -0.1) is 0 Å². The van der Waals surface area contributed by atoms with E-state index in [2.05, 4.69) is 21.2 Å². The highest BCUT2D eigenvalue weighted by Crippen LogP contribution is 2.18. The van der Waals surface area contributed by atoms with E-state index >= 15 is 0 Å². The first-order valence-electron chi connectivity index (χ1n) is 5.87. The van der Waals surface area contributed by atoms with Crippen LogP contribution >= 0.6 is 15.9 Å². The monoisotopic (exact) mass is 398 g/mol. The van der Waals surface area contributed by atoms with Gasteiger partial charge in [-0.3, -0.25) is 4.79 Å². The van der Waals surface area contributed by atoms with E-state index in [1.54, 1.807) is 0 Å². The first kappa shape index (κ1) is 18.1. The minimum Gasteiger partial charge on any atom is -0.351 e. The third-order valence-corrected chi connectivity index (χ3v) is 5.66. The minimum absolute atomic E-state index is 0.00464. The highest BCUT2D eigenvalue weighted by Gasteiger charge is 2.15. The Hall–Kier alpha value is -0.970. The van der Waals surface area contributed by atoms with Gasteiger partial charge < -0.3 is 5.32 Å². The zero-order valence-corrected chi connectivity index (χ0v) is 14.4. The van der Waals surface area contributed by atoms with Crippen LogP contribution in [0, 0.1) is 0 Å². The van der Waals surface area contributed by atoms with Crippen LogP contribution in [0.3, 0.4) is 0 Å². The fourth-order valence-electron chi connectivity index (χ4n) is 1.42. The van der Waals surface area contributed by atoms with E-state index < -0.39 is 25.8 Å². The van der Waals surface area contributed by atoms with Gasteiger partial charge in [0.15, 0.2) is 9.84 Å². The Kier molecular flexibility index (Phi) is 5.91. The molecule has 10 heteroatoms. The largest absolute Gasteiger partial charge is 0.351 e. The van der Waals surface area contributed by atoms with E-state index in [4.69, 9.17) is 5.14 Å². The first-order chi connectivity index (χ1) is 9.55. The molecule has 3 N–H and O–H groups in total. The molecule has 1 aromatic carbocycles. The Morgan fingerprint density at radius 2 is 1.86 bits per heavy atom. The maximum Gasteiger partial charge on any atom is 0.251 e. The van der Waals surface area contributed by atoms with Crippen LogP contribution in [0.4, 0.5) is 0 Å². The van der Waals surface area contributed by atoms with Gasteiger partial charge in [-0.2, -0.15) is 0 Å². The topological polar surface area (TPSA) is 123 Å². The summed E-state index contributed by atoms with van der Waals surface area (Å²) in [4.78, 5) is 11.7. The van der Waals surface area contributed by atoms with Crippen LogP contribution < -0.4 is 10.5 Å². The number of primary sulfonamides is 1.